The van der Waals surface area contributed by atoms with Crippen LogP contribution < -0.4 is 4.90 Å². The highest BCUT2D eigenvalue weighted by Gasteiger charge is 2.19. The van der Waals surface area contributed by atoms with Crippen LogP contribution in [0.1, 0.15) is 21.5 Å². The molecular formula is C17H16FNO2. The maximum atomic E-state index is 13.2. The molecule has 1 aliphatic heterocycles. The number of carbonyl (C=O) groups excluding carboxylic acids is 1. The first-order valence-electron chi connectivity index (χ1n) is 6.94. The summed E-state index contributed by atoms with van der Waals surface area (Å²) >= 11 is 0. The molecule has 3 rings (SSSR count). The molecule has 0 radical (unpaired) electrons. The Morgan fingerprint density at radius 2 is 1.95 bits per heavy atom. The van der Waals surface area contributed by atoms with Crippen molar-refractivity contribution in [2.75, 3.05) is 18.1 Å². The van der Waals surface area contributed by atoms with Crippen LogP contribution in [-0.2, 0) is 13.0 Å². The van der Waals surface area contributed by atoms with Crippen molar-refractivity contribution in [2.24, 2.45) is 0 Å². The summed E-state index contributed by atoms with van der Waals surface area (Å²) < 4.78 is 13.2. The molecule has 0 atom stereocenters. The van der Waals surface area contributed by atoms with E-state index in [0.29, 0.717) is 5.56 Å². The molecule has 0 saturated heterocycles. The standard InChI is InChI=1S/C17H16FNO2/c18-15-5-6-16-14(9-15)7-8-19(16)10-12-1-3-13(4-2-12)17(21)11-20/h1-6,9,20H,7-8,10-11H2. The minimum atomic E-state index is -0.468. The minimum absolute atomic E-state index is 0.192. The summed E-state index contributed by atoms with van der Waals surface area (Å²) in [7, 11) is 0. The van der Waals surface area contributed by atoms with Crippen molar-refractivity contribution in [1.82, 2.24) is 0 Å². The number of hydrogen-bond acceptors (Lipinski definition) is 3. The number of nitrogens with zero attached hydrogens (tertiary/aromatic N) is 1. The van der Waals surface area contributed by atoms with Crippen LogP contribution >= 0.6 is 0 Å². The average Bonchev–Trinajstić information content (AvgIpc) is 2.89. The minimum Gasteiger partial charge on any atom is -0.388 e. The third kappa shape index (κ3) is 2.81. The summed E-state index contributed by atoms with van der Waals surface area (Å²) in [6.45, 7) is 1.13. The number of anilines is 1. The summed E-state index contributed by atoms with van der Waals surface area (Å²) in [6.07, 6.45) is 0.855. The Morgan fingerprint density at radius 1 is 1.19 bits per heavy atom. The van der Waals surface area contributed by atoms with Gasteiger partial charge in [-0.15, -0.1) is 0 Å². The number of aliphatic hydroxyl groups is 1. The van der Waals surface area contributed by atoms with Gasteiger partial charge in [0, 0.05) is 24.3 Å². The van der Waals surface area contributed by atoms with Crippen LogP contribution in [0.25, 0.3) is 0 Å². The second-order valence-corrected chi connectivity index (χ2v) is 5.22. The lowest BCUT2D eigenvalue weighted by Gasteiger charge is -2.19. The van der Waals surface area contributed by atoms with E-state index < -0.39 is 6.61 Å². The van der Waals surface area contributed by atoms with Crippen molar-refractivity contribution in [3.8, 4) is 0 Å². The summed E-state index contributed by atoms with van der Waals surface area (Å²) in [5, 5.41) is 8.83. The summed E-state index contributed by atoms with van der Waals surface area (Å²) in [5.74, 6) is -0.467. The molecule has 0 spiro atoms. The highest BCUT2D eigenvalue weighted by molar-refractivity contribution is 5.96. The predicted molar refractivity (Wildman–Crippen MR) is 79.0 cm³/mol. The Morgan fingerprint density at radius 3 is 2.67 bits per heavy atom. The third-order valence-corrected chi connectivity index (χ3v) is 3.83. The molecule has 2 aromatic carbocycles. The van der Waals surface area contributed by atoms with Crippen LogP contribution in [0.2, 0.25) is 0 Å². The molecule has 0 bridgehead atoms. The topological polar surface area (TPSA) is 40.5 Å². The highest BCUT2D eigenvalue weighted by Crippen LogP contribution is 2.29. The van der Waals surface area contributed by atoms with Crippen molar-refractivity contribution in [2.45, 2.75) is 13.0 Å². The summed E-state index contributed by atoms with van der Waals surface area (Å²) in [4.78, 5) is 13.6. The van der Waals surface area contributed by atoms with Crippen LogP contribution in [0.15, 0.2) is 42.5 Å². The number of halogens is 1. The van der Waals surface area contributed by atoms with E-state index in [1.165, 1.54) is 6.07 Å². The zero-order valence-corrected chi connectivity index (χ0v) is 11.6. The fourth-order valence-corrected chi connectivity index (χ4v) is 2.71. The molecule has 3 nitrogen and oxygen atoms in total. The lowest BCUT2D eigenvalue weighted by molar-refractivity contribution is 0.0903. The maximum Gasteiger partial charge on any atom is 0.188 e. The van der Waals surface area contributed by atoms with E-state index in [4.69, 9.17) is 5.11 Å². The van der Waals surface area contributed by atoms with Crippen LogP contribution in [0.4, 0.5) is 10.1 Å². The van der Waals surface area contributed by atoms with Crippen molar-refractivity contribution in [1.29, 1.82) is 0 Å². The fourth-order valence-electron chi connectivity index (χ4n) is 2.71. The van der Waals surface area contributed by atoms with Gasteiger partial charge in [0.05, 0.1) is 0 Å². The molecule has 1 N–H and O–H groups in total. The first kappa shape index (κ1) is 13.8. The van der Waals surface area contributed by atoms with E-state index in [1.54, 1.807) is 18.2 Å². The van der Waals surface area contributed by atoms with Gasteiger partial charge in [-0.3, -0.25) is 4.79 Å². The lowest BCUT2D eigenvalue weighted by Crippen LogP contribution is -2.19. The van der Waals surface area contributed by atoms with Gasteiger partial charge in [0.15, 0.2) is 5.78 Å². The van der Waals surface area contributed by atoms with Gasteiger partial charge in [0.1, 0.15) is 12.4 Å². The Bertz CT molecular complexity index is 667. The first-order valence-corrected chi connectivity index (χ1v) is 6.94. The summed E-state index contributed by atoms with van der Waals surface area (Å²) in [5.41, 5.74) is 3.72. The molecular weight excluding hydrogens is 269 g/mol. The number of Topliss-reactive ketones (excluding diaryl/α,β-unsaturated/α-hetero) is 1. The number of ketones is 1. The van der Waals surface area contributed by atoms with Crippen LogP contribution in [-0.4, -0.2) is 24.0 Å². The van der Waals surface area contributed by atoms with E-state index in [2.05, 4.69) is 4.90 Å². The largest absolute Gasteiger partial charge is 0.388 e. The van der Waals surface area contributed by atoms with Gasteiger partial charge in [-0.2, -0.15) is 0 Å². The molecule has 1 heterocycles. The number of aliphatic hydroxyl groups excluding tert-OH is 1. The lowest BCUT2D eigenvalue weighted by atomic mass is 10.1. The smallest absolute Gasteiger partial charge is 0.188 e. The molecule has 0 fully saturated rings. The molecule has 4 heteroatoms. The Hall–Kier alpha value is -2.20. The van der Waals surface area contributed by atoms with Gasteiger partial charge in [-0.1, -0.05) is 24.3 Å². The monoisotopic (exact) mass is 285 g/mol. The van der Waals surface area contributed by atoms with Crippen LogP contribution in [0.5, 0.6) is 0 Å². The quantitative estimate of drug-likeness (QED) is 0.878. The zero-order valence-electron chi connectivity index (χ0n) is 11.6. The van der Waals surface area contributed by atoms with Crippen LogP contribution in [0.3, 0.4) is 0 Å². The zero-order chi connectivity index (χ0) is 14.8. The average molecular weight is 285 g/mol. The first-order chi connectivity index (χ1) is 10.2. The van der Waals surface area contributed by atoms with E-state index >= 15 is 0 Å². The van der Waals surface area contributed by atoms with Gasteiger partial charge in [0.25, 0.3) is 0 Å². The SMILES string of the molecule is O=C(CO)c1ccc(CN2CCc3cc(F)ccc32)cc1. The van der Waals surface area contributed by atoms with Crippen LogP contribution in [0, 0.1) is 5.82 Å². The predicted octanol–water partition coefficient (Wildman–Crippen LogP) is 2.56. The second-order valence-electron chi connectivity index (χ2n) is 5.22. The molecule has 0 aromatic heterocycles. The van der Waals surface area contributed by atoms with Crippen molar-refractivity contribution < 1.29 is 14.3 Å². The van der Waals surface area contributed by atoms with Gasteiger partial charge in [-0.05, 0) is 35.7 Å². The molecule has 0 saturated carbocycles. The molecule has 21 heavy (non-hydrogen) atoms. The third-order valence-electron chi connectivity index (χ3n) is 3.83. The molecule has 1 aliphatic rings. The normalized spacial score (nSPS) is 13.3. The Balaban J connectivity index is 1.75. The van der Waals surface area contributed by atoms with E-state index in [1.807, 2.05) is 18.2 Å². The number of fused-ring (bicyclic) bond motifs is 1. The Labute approximate surface area is 122 Å². The molecule has 2 aromatic rings. The summed E-state index contributed by atoms with van der Waals surface area (Å²) in [6, 6.07) is 12.2. The number of hydrogen-bond donors (Lipinski definition) is 1. The number of benzene rings is 2. The number of carbonyl (C=O) groups is 1. The van der Waals surface area contributed by atoms with Gasteiger partial charge < -0.3 is 10.0 Å². The van der Waals surface area contributed by atoms with E-state index in [9.17, 15) is 9.18 Å². The maximum absolute atomic E-state index is 13.2. The molecule has 0 amide bonds. The van der Waals surface area contributed by atoms with Crippen molar-refractivity contribution >= 4 is 11.5 Å². The van der Waals surface area contributed by atoms with Gasteiger partial charge >= 0.3 is 0 Å². The Kier molecular flexibility index (Phi) is 3.71. The van der Waals surface area contributed by atoms with E-state index in [0.717, 1.165) is 36.3 Å². The molecule has 0 aliphatic carbocycles. The van der Waals surface area contributed by atoms with Crippen molar-refractivity contribution in [3.05, 3.63) is 65.0 Å². The molecule has 0 unspecified atom stereocenters. The van der Waals surface area contributed by atoms with Crippen molar-refractivity contribution in [3.63, 3.8) is 0 Å². The number of rotatable bonds is 4. The van der Waals surface area contributed by atoms with Gasteiger partial charge in [-0.25, -0.2) is 4.39 Å². The van der Waals surface area contributed by atoms with Gasteiger partial charge in [0.2, 0.25) is 0 Å². The second kappa shape index (κ2) is 5.66. The highest BCUT2D eigenvalue weighted by atomic mass is 19.1. The molecule has 108 valence electrons. The van der Waals surface area contributed by atoms with E-state index in [-0.39, 0.29) is 11.6 Å². The fraction of sp³-hybridized carbons (Fsp3) is 0.235.